The van der Waals surface area contributed by atoms with Crippen molar-refractivity contribution in [1.29, 1.82) is 5.26 Å². The lowest BCUT2D eigenvalue weighted by atomic mass is 9.75. The molecule has 0 aliphatic carbocycles. The second-order valence-corrected chi connectivity index (χ2v) is 9.49. The second-order valence-electron chi connectivity index (χ2n) is 9.49. The molecule has 0 saturated heterocycles. The molecule has 0 spiro atoms. The molecule has 3 atom stereocenters. The van der Waals surface area contributed by atoms with Crippen LogP contribution in [-0.4, -0.2) is 60.5 Å². The first-order chi connectivity index (χ1) is 17.0. The van der Waals surface area contributed by atoms with Gasteiger partial charge in [0.15, 0.2) is 0 Å². The first-order valence-corrected chi connectivity index (χ1v) is 12.1. The van der Waals surface area contributed by atoms with Gasteiger partial charge in [0.2, 0.25) is 11.8 Å². The normalized spacial score (nSPS) is 13.2. The van der Waals surface area contributed by atoms with Gasteiger partial charge in [-0.15, -0.1) is 0 Å². The number of rotatable bonds is 12. The molecule has 0 bridgehead atoms. The lowest BCUT2D eigenvalue weighted by Gasteiger charge is -2.21. The molecule has 2 aromatic rings. The molecule has 8 nitrogen and oxygen atoms in total. The number of nitrogens with one attached hydrogen (secondary N) is 1. The maximum Gasteiger partial charge on any atom is 0.475 e. The van der Waals surface area contributed by atoms with Crippen molar-refractivity contribution >= 4 is 18.9 Å². The van der Waals surface area contributed by atoms with E-state index in [0.717, 1.165) is 22.3 Å². The number of hydrogen-bond acceptors (Lipinski definition) is 6. The van der Waals surface area contributed by atoms with E-state index in [1.165, 1.54) is 4.90 Å². The summed E-state index contributed by atoms with van der Waals surface area (Å²) in [6, 6.07) is 15.4. The van der Waals surface area contributed by atoms with E-state index in [0.29, 0.717) is 18.6 Å². The van der Waals surface area contributed by atoms with Gasteiger partial charge in [-0.2, -0.15) is 5.26 Å². The van der Waals surface area contributed by atoms with Gasteiger partial charge in [-0.25, -0.2) is 0 Å². The average Bonchev–Trinajstić information content (AvgIpc) is 2.80. The van der Waals surface area contributed by atoms with Gasteiger partial charge in [-0.1, -0.05) is 42.8 Å². The second kappa shape index (κ2) is 13.7. The SMILES string of the molecule is Cc1ccc(C[C@H](NC(=O)CCOc2cccc(CC(C)C(C#N)C(=O)N(C)C)c2)B(O)O)c(C)c1. The summed E-state index contributed by atoms with van der Waals surface area (Å²) in [7, 11) is 1.58. The first-order valence-electron chi connectivity index (χ1n) is 12.1. The molecule has 0 saturated carbocycles. The Morgan fingerprint density at radius 1 is 1.14 bits per heavy atom. The van der Waals surface area contributed by atoms with E-state index in [2.05, 4.69) is 11.4 Å². The van der Waals surface area contributed by atoms with E-state index in [1.807, 2.05) is 57.2 Å². The molecule has 0 heterocycles. The number of carbonyl (C=O) groups excluding carboxylic acids is 2. The van der Waals surface area contributed by atoms with Crippen LogP contribution in [0.3, 0.4) is 0 Å². The fraction of sp³-hybridized carbons (Fsp3) is 0.444. The van der Waals surface area contributed by atoms with Crippen molar-refractivity contribution in [2.45, 2.75) is 46.0 Å². The van der Waals surface area contributed by atoms with Crippen molar-refractivity contribution in [1.82, 2.24) is 10.2 Å². The quantitative estimate of drug-likeness (QED) is 0.390. The van der Waals surface area contributed by atoms with Gasteiger partial charge < -0.3 is 25.0 Å². The Labute approximate surface area is 214 Å². The summed E-state index contributed by atoms with van der Waals surface area (Å²) in [6.07, 6.45) is 0.880. The van der Waals surface area contributed by atoms with Gasteiger partial charge in [-0.05, 0) is 61.4 Å². The third-order valence-electron chi connectivity index (χ3n) is 6.11. The molecule has 2 unspecified atom stereocenters. The van der Waals surface area contributed by atoms with E-state index >= 15 is 0 Å². The van der Waals surface area contributed by atoms with Gasteiger partial charge in [0, 0.05) is 14.1 Å². The first kappa shape index (κ1) is 28.9. The minimum Gasteiger partial charge on any atom is -0.493 e. The smallest absolute Gasteiger partial charge is 0.475 e. The molecule has 0 aliphatic heterocycles. The zero-order chi connectivity index (χ0) is 26.8. The molecule has 0 fully saturated rings. The Hall–Kier alpha value is -3.35. The van der Waals surface area contributed by atoms with Gasteiger partial charge in [0.05, 0.1) is 25.0 Å². The van der Waals surface area contributed by atoms with Crippen LogP contribution in [0.1, 0.15) is 35.6 Å². The number of nitriles is 1. The van der Waals surface area contributed by atoms with E-state index < -0.39 is 19.0 Å². The summed E-state index contributed by atoms with van der Waals surface area (Å²) in [5, 5.41) is 31.6. The molecule has 2 amide bonds. The van der Waals surface area contributed by atoms with E-state index in [4.69, 9.17) is 4.74 Å². The Morgan fingerprint density at radius 2 is 1.86 bits per heavy atom. The molecule has 9 heteroatoms. The number of hydrogen-bond donors (Lipinski definition) is 3. The lowest BCUT2D eigenvalue weighted by molar-refractivity contribution is -0.132. The highest BCUT2D eigenvalue weighted by Crippen LogP contribution is 2.22. The summed E-state index contributed by atoms with van der Waals surface area (Å²) in [5.74, 6) is -1.72. The minimum absolute atomic E-state index is 0.0462. The van der Waals surface area contributed by atoms with Crippen LogP contribution in [-0.2, 0) is 22.4 Å². The number of nitrogens with zero attached hydrogens (tertiary/aromatic N) is 2. The highest BCUT2D eigenvalue weighted by atomic mass is 16.5. The largest absolute Gasteiger partial charge is 0.493 e. The highest BCUT2D eigenvalue weighted by molar-refractivity contribution is 6.43. The topological polar surface area (TPSA) is 123 Å². The number of carbonyl (C=O) groups is 2. The molecule has 2 rings (SSSR count). The molecule has 2 aromatic carbocycles. The maximum atomic E-state index is 12.4. The van der Waals surface area contributed by atoms with Crippen molar-refractivity contribution in [2.75, 3.05) is 20.7 Å². The summed E-state index contributed by atoms with van der Waals surface area (Å²) < 4.78 is 5.74. The number of benzene rings is 2. The predicted molar refractivity (Wildman–Crippen MR) is 139 cm³/mol. The van der Waals surface area contributed by atoms with Crippen LogP contribution in [0.2, 0.25) is 0 Å². The molecule has 0 aliphatic rings. The summed E-state index contributed by atoms with van der Waals surface area (Å²) in [5.41, 5.74) is 4.00. The zero-order valence-electron chi connectivity index (χ0n) is 21.7. The van der Waals surface area contributed by atoms with Gasteiger partial charge in [-0.3, -0.25) is 9.59 Å². The molecule has 0 radical (unpaired) electrons. The number of aryl methyl sites for hydroxylation is 2. The van der Waals surface area contributed by atoms with Crippen LogP contribution in [0.25, 0.3) is 0 Å². The zero-order valence-corrected chi connectivity index (χ0v) is 21.7. The van der Waals surface area contributed by atoms with Crippen LogP contribution in [0.5, 0.6) is 5.75 Å². The third kappa shape index (κ3) is 8.70. The maximum absolute atomic E-state index is 12.4. The fourth-order valence-electron chi connectivity index (χ4n) is 4.04. The van der Waals surface area contributed by atoms with Crippen molar-refractivity contribution in [3.05, 3.63) is 64.7 Å². The van der Waals surface area contributed by atoms with Crippen molar-refractivity contribution in [2.24, 2.45) is 11.8 Å². The van der Waals surface area contributed by atoms with Crippen molar-refractivity contribution in [3.63, 3.8) is 0 Å². The van der Waals surface area contributed by atoms with Gasteiger partial charge >= 0.3 is 7.12 Å². The minimum atomic E-state index is -1.69. The van der Waals surface area contributed by atoms with E-state index in [-0.39, 0.29) is 30.8 Å². The standard InChI is InChI=1S/C27H36BN3O5/c1-18-9-10-22(19(2)13-18)16-25(28(34)35)30-26(32)11-12-36-23-8-6-7-21(15-23)14-20(3)24(17-29)27(33)31(4)5/h6-10,13,15,20,24-25,34-35H,11-12,14,16H2,1-5H3,(H,30,32)/t20?,24?,25-/m0/s1. The van der Waals surface area contributed by atoms with E-state index in [1.54, 1.807) is 20.2 Å². The summed E-state index contributed by atoms with van der Waals surface area (Å²) in [4.78, 5) is 26.1. The highest BCUT2D eigenvalue weighted by Gasteiger charge is 2.27. The Morgan fingerprint density at radius 3 is 2.47 bits per heavy atom. The molecule has 36 heavy (non-hydrogen) atoms. The Kier molecular flexibility index (Phi) is 11.0. The fourth-order valence-corrected chi connectivity index (χ4v) is 4.04. The van der Waals surface area contributed by atoms with Crippen LogP contribution in [0, 0.1) is 37.0 Å². The van der Waals surface area contributed by atoms with Gasteiger partial charge in [0.1, 0.15) is 11.7 Å². The number of ether oxygens (including phenoxy) is 1. The predicted octanol–water partition coefficient (Wildman–Crippen LogP) is 2.22. The molecular weight excluding hydrogens is 457 g/mol. The molecule has 0 aromatic heterocycles. The van der Waals surface area contributed by atoms with E-state index in [9.17, 15) is 24.9 Å². The Balaban J connectivity index is 1.90. The molecule has 192 valence electrons. The summed E-state index contributed by atoms with van der Waals surface area (Å²) >= 11 is 0. The summed E-state index contributed by atoms with van der Waals surface area (Å²) in [6.45, 7) is 5.93. The van der Waals surface area contributed by atoms with Crippen LogP contribution in [0.4, 0.5) is 0 Å². The van der Waals surface area contributed by atoms with Crippen molar-refractivity contribution < 1.29 is 24.4 Å². The lowest BCUT2D eigenvalue weighted by Crippen LogP contribution is -2.48. The van der Waals surface area contributed by atoms with Crippen LogP contribution in [0.15, 0.2) is 42.5 Å². The monoisotopic (exact) mass is 493 g/mol. The van der Waals surface area contributed by atoms with Crippen molar-refractivity contribution in [3.8, 4) is 11.8 Å². The molecule has 3 N–H and O–H groups in total. The van der Waals surface area contributed by atoms with Crippen LogP contribution >= 0.6 is 0 Å². The third-order valence-corrected chi connectivity index (χ3v) is 6.11. The molecular formula is C27H36BN3O5. The average molecular weight is 493 g/mol. The Bertz CT molecular complexity index is 1080. The van der Waals surface area contributed by atoms with Gasteiger partial charge in [0.25, 0.3) is 0 Å². The number of amides is 2. The van der Waals surface area contributed by atoms with Crippen LogP contribution < -0.4 is 10.1 Å².